The zero-order valence-corrected chi connectivity index (χ0v) is 5.57. The summed E-state index contributed by atoms with van der Waals surface area (Å²) in [5.41, 5.74) is 0. The van der Waals surface area contributed by atoms with Crippen LogP contribution in [0.2, 0.25) is 0 Å². The molecule has 0 aromatic rings. The highest BCUT2D eigenvalue weighted by Crippen LogP contribution is 2.05. The molecule has 0 aliphatic carbocycles. The van der Waals surface area contributed by atoms with E-state index in [1.54, 1.807) is 0 Å². The summed E-state index contributed by atoms with van der Waals surface area (Å²) >= 11 is 0. The van der Waals surface area contributed by atoms with Gasteiger partial charge in [-0.15, -0.1) is 0 Å². The van der Waals surface area contributed by atoms with Gasteiger partial charge in [-0.1, -0.05) is 6.92 Å². The predicted octanol–water partition coefficient (Wildman–Crippen LogP) is 2.65. The van der Waals surface area contributed by atoms with Gasteiger partial charge in [0.15, 0.2) is 0 Å². The Kier molecular flexibility index (Phi) is 3.97. The van der Waals surface area contributed by atoms with Crippen LogP contribution in [0, 0.1) is 12.3 Å². The molecule has 0 aromatic carbocycles. The Bertz CT molecular complexity index is 31.0. The van der Waals surface area contributed by atoms with Gasteiger partial charge in [0.2, 0.25) is 0 Å². The molecular formula is C7H15+. The van der Waals surface area contributed by atoms with E-state index in [2.05, 4.69) is 27.2 Å². The molecule has 0 radical (unpaired) electrons. The molecule has 0 rings (SSSR count). The van der Waals surface area contributed by atoms with Gasteiger partial charge in [-0.2, -0.15) is 0 Å². The minimum Gasteiger partial charge on any atom is -0.0610 e. The smallest absolute Gasteiger partial charge is 0.0610 e. The second-order valence-corrected chi connectivity index (χ2v) is 2.03. The molecule has 0 nitrogen and oxygen atoms in total. The van der Waals surface area contributed by atoms with Crippen molar-refractivity contribution in [3.8, 4) is 0 Å². The summed E-state index contributed by atoms with van der Waals surface area (Å²) in [5, 5.41) is 0. The van der Waals surface area contributed by atoms with Crippen LogP contribution in [0.5, 0.6) is 0 Å². The quantitative estimate of drug-likeness (QED) is 0.477. The van der Waals surface area contributed by atoms with Crippen LogP contribution in [-0.4, -0.2) is 0 Å². The SMILES string of the molecule is CC[CH+][C@@H](C)CC. The third-order valence-corrected chi connectivity index (χ3v) is 1.28. The van der Waals surface area contributed by atoms with Crippen molar-refractivity contribution < 1.29 is 0 Å². The van der Waals surface area contributed by atoms with E-state index < -0.39 is 0 Å². The van der Waals surface area contributed by atoms with E-state index in [0.29, 0.717) is 0 Å². The highest BCUT2D eigenvalue weighted by molar-refractivity contribution is 4.67. The molecule has 0 N–H and O–H groups in total. The second-order valence-electron chi connectivity index (χ2n) is 2.03. The predicted molar refractivity (Wildman–Crippen MR) is 34.0 cm³/mol. The number of hydrogen-bond acceptors (Lipinski definition) is 0. The summed E-state index contributed by atoms with van der Waals surface area (Å²) in [5.74, 6) is 0.824. The van der Waals surface area contributed by atoms with Crippen molar-refractivity contribution in [3.63, 3.8) is 0 Å². The van der Waals surface area contributed by atoms with Gasteiger partial charge < -0.3 is 0 Å². The van der Waals surface area contributed by atoms with E-state index in [1.807, 2.05) is 0 Å². The fourth-order valence-corrected chi connectivity index (χ4v) is 0.569. The Morgan fingerprint density at radius 2 is 2.00 bits per heavy atom. The first kappa shape index (κ1) is 6.87. The van der Waals surface area contributed by atoms with E-state index in [-0.39, 0.29) is 0 Å². The lowest BCUT2D eigenvalue weighted by atomic mass is 10.0. The first-order chi connectivity index (χ1) is 3.31. The van der Waals surface area contributed by atoms with E-state index in [9.17, 15) is 0 Å². The summed E-state index contributed by atoms with van der Waals surface area (Å²) in [6.45, 7) is 6.66. The summed E-state index contributed by atoms with van der Waals surface area (Å²) in [4.78, 5) is 0. The summed E-state index contributed by atoms with van der Waals surface area (Å²) in [6, 6.07) is 0. The van der Waals surface area contributed by atoms with Crippen LogP contribution >= 0.6 is 0 Å². The van der Waals surface area contributed by atoms with Crippen molar-refractivity contribution in [2.45, 2.75) is 33.6 Å². The van der Waals surface area contributed by atoms with Crippen LogP contribution in [0.4, 0.5) is 0 Å². The molecular weight excluding hydrogens is 84.1 g/mol. The topological polar surface area (TPSA) is 0 Å². The molecule has 0 aliphatic heterocycles. The second kappa shape index (κ2) is 4.04. The van der Waals surface area contributed by atoms with Crippen LogP contribution in [-0.2, 0) is 0 Å². The van der Waals surface area contributed by atoms with E-state index in [0.717, 1.165) is 5.92 Å². The van der Waals surface area contributed by atoms with E-state index in [1.165, 1.54) is 12.8 Å². The summed E-state index contributed by atoms with van der Waals surface area (Å²) < 4.78 is 0. The van der Waals surface area contributed by atoms with Gasteiger partial charge in [-0.3, -0.25) is 0 Å². The Morgan fingerprint density at radius 1 is 1.43 bits per heavy atom. The van der Waals surface area contributed by atoms with Gasteiger partial charge in [0, 0.05) is 0 Å². The molecule has 0 unspecified atom stereocenters. The fourth-order valence-electron chi connectivity index (χ4n) is 0.569. The molecule has 0 heterocycles. The number of hydrogen-bond donors (Lipinski definition) is 0. The molecule has 0 aliphatic rings. The summed E-state index contributed by atoms with van der Waals surface area (Å²) in [6.07, 6.45) is 4.85. The molecule has 0 aromatic heterocycles. The van der Waals surface area contributed by atoms with Gasteiger partial charge in [0.1, 0.15) is 0 Å². The van der Waals surface area contributed by atoms with Crippen LogP contribution in [0.1, 0.15) is 33.6 Å². The molecule has 0 heteroatoms. The van der Waals surface area contributed by atoms with Crippen molar-refractivity contribution in [2.75, 3.05) is 0 Å². The van der Waals surface area contributed by atoms with Crippen molar-refractivity contribution in [1.82, 2.24) is 0 Å². The minimum absolute atomic E-state index is 0.824. The average Bonchev–Trinajstić information content (AvgIpc) is 1.68. The van der Waals surface area contributed by atoms with Gasteiger partial charge in [-0.05, 0) is 20.3 Å². The molecule has 0 amide bonds. The first-order valence-electron chi connectivity index (χ1n) is 3.14. The van der Waals surface area contributed by atoms with Gasteiger partial charge in [-0.25, -0.2) is 0 Å². The van der Waals surface area contributed by atoms with Crippen molar-refractivity contribution in [3.05, 3.63) is 6.42 Å². The van der Waals surface area contributed by atoms with Gasteiger partial charge >= 0.3 is 0 Å². The highest BCUT2D eigenvalue weighted by Gasteiger charge is 2.03. The van der Waals surface area contributed by atoms with Crippen molar-refractivity contribution in [2.24, 2.45) is 5.92 Å². The summed E-state index contributed by atoms with van der Waals surface area (Å²) in [7, 11) is 0. The van der Waals surface area contributed by atoms with Crippen LogP contribution in [0.15, 0.2) is 0 Å². The Morgan fingerprint density at radius 3 is 2.14 bits per heavy atom. The lowest BCUT2D eigenvalue weighted by molar-refractivity contribution is 0.626. The molecule has 42 valence electrons. The zero-order valence-electron chi connectivity index (χ0n) is 5.57. The fraction of sp³-hybridized carbons (Fsp3) is 0.857. The molecule has 1 atom stereocenters. The van der Waals surface area contributed by atoms with Gasteiger partial charge in [0.25, 0.3) is 0 Å². The third-order valence-electron chi connectivity index (χ3n) is 1.28. The largest absolute Gasteiger partial charge is 0.0946 e. The minimum atomic E-state index is 0.824. The zero-order chi connectivity index (χ0) is 5.70. The molecule has 0 saturated heterocycles. The van der Waals surface area contributed by atoms with Gasteiger partial charge in [0.05, 0.1) is 18.8 Å². The maximum atomic E-state index is 2.35. The monoisotopic (exact) mass is 99.1 g/mol. The van der Waals surface area contributed by atoms with Crippen molar-refractivity contribution in [1.29, 1.82) is 0 Å². The first-order valence-corrected chi connectivity index (χ1v) is 3.14. The van der Waals surface area contributed by atoms with Crippen LogP contribution in [0.25, 0.3) is 0 Å². The highest BCUT2D eigenvalue weighted by atomic mass is 14.0. The van der Waals surface area contributed by atoms with E-state index >= 15 is 0 Å². The van der Waals surface area contributed by atoms with E-state index in [4.69, 9.17) is 0 Å². The maximum Gasteiger partial charge on any atom is 0.0946 e. The van der Waals surface area contributed by atoms with Crippen LogP contribution < -0.4 is 0 Å². The number of rotatable bonds is 3. The maximum absolute atomic E-state index is 2.35. The Balaban J connectivity index is 2.83. The lowest BCUT2D eigenvalue weighted by Gasteiger charge is -1.92. The molecule has 0 fully saturated rings. The lowest BCUT2D eigenvalue weighted by Crippen LogP contribution is -1.89. The molecule has 0 spiro atoms. The average molecular weight is 99.2 g/mol. The van der Waals surface area contributed by atoms with Crippen molar-refractivity contribution >= 4 is 0 Å². The molecule has 0 saturated carbocycles. The molecule has 7 heavy (non-hydrogen) atoms. The third kappa shape index (κ3) is 3.71. The molecule has 0 bridgehead atoms. The standard InChI is InChI=1S/C7H15/c1-4-6-7(3)5-2/h6-7H,4-5H2,1-3H3/q+1/t7-/m0/s1. The van der Waals surface area contributed by atoms with Crippen LogP contribution in [0.3, 0.4) is 0 Å². The Hall–Kier alpha value is -0.130. The Labute approximate surface area is 46.9 Å². The normalized spacial score (nSPS) is 13.6.